The molecule has 12 aromatic rings. The lowest BCUT2D eigenvalue weighted by Crippen LogP contribution is -2.42. The number of rotatable bonds is 28. The number of methoxy groups -OCH3 is 1. The molecule has 2 fully saturated rings. The first-order valence-corrected chi connectivity index (χ1v) is 43.8. The van der Waals surface area contributed by atoms with Crippen LogP contribution >= 0.6 is 34.8 Å². The molecule has 3 atom stereocenters. The summed E-state index contributed by atoms with van der Waals surface area (Å²) in [6.07, 6.45) is 11.7. The molecule has 8 heterocycles. The Hall–Kier alpha value is -10.7. The number of likely N-dealkylation sites (tertiary alicyclic amines) is 1. The van der Waals surface area contributed by atoms with E-state index in [1.165, 1.54) is 105 Å². The minimum absolute atomic E-state index is 0.290. The first kappa shape index (κ1) is 87.2. The van der Waals surface area contributed by atoms with E-state index in [-0.39, 0.29) is 17.5 Å². The first-order chi connectivity index (χ1) is 60.1. The summed E-state index contributed by atoms with van der Waals surface area (Å²) in [4.78, 5) is 61.1. The summed E-state index contributed by atoms with van der Waals surface area (Å²) in [6.45, 7) is 14.3. The van der Waals surface area contributed by atoms with Crippen molar-refractivity contribution in [2.75, 3.05) is 119 Å². The minimum atomic E-state index is -0.500. The quantitative estimate of drug-likeness (QED) is 0.0338. The zero-order valence-electron chi connectivity index (χ0n) is 69.0. The van der Waals surface area contributed by atoms with Crippen LogP contribution in [-0.4, -0.2) is 176 Å². The molecule has 26 heteroatoms. The number of fused-ring (bicyclic) bond motifs is 9. The molecular formula is C97H103Cl3F3N9O11. The molecule has 9 aromatic carbocycles. The monoisotopic (exact) mass is 1730 g/mol. The van der Waals surface area contributed by atoms with Gasteiger partial charge < -0.3 is 63.1 Å². The highest BCUT2D eigenvalue weighted by Crippen LogP contribution is 2.44. The fourth-order valence-corrected chi connectivity index (χ4v) is 17.4. The van der Waals surface area contributed by atoms with Crippen LogP contribution in [0.3, 0.4) is 0 Å². The van der Waals surface area contributed by atoms with E-state index < -0.39 is 36.4 Å². The standard InChI is InChI=1S/C33H35ClFN3O3.C32H33ClFN3O4.C32H35ClFN3O4/c34-24-8-15-30-29(22-24)28-16-20-38(33(39)41-27-13-9-25(35)10-14-27)32(31(28)36-30)23-6-11-26(12-7-23)40-21-5-4-19-37-17-2-1-3-18-37;33-23-5-12-29-28(21-23)27-13-15-37(32(38)41-26-10-6-24(34)7-11-26)31(30(27)35-29)22-3-8-25(9-4-22)40-18-2-1-14-36-16-19-39-20-17-36;1-39-19-4-17-35-16-2-3-20-40-25-10-5-22(6-11-25)31-30-27(28-21-23(33)7-14-29(28)36-30)15-18-37(31)32(38)41-26-12-8-24(34)9-13-26/h6-15,22,32,36H,1-5,16-21H2;3-12,21,31,35H,1-2,13-20H2;5-14,21,31,35-36H,2-4,15-20H2,1H3. The third-order valence-corrected chi connectivity index (χ3v) is 23.9. The van der Waals surface area contributed by atoms with Crippen molar-refractivity contribution in [2.45, 2.75) is 102 Å². The van der Waals surface area contributed by atoms with Crippen molar-refractivity contribution >= 4 is 85.8 Å². The molecule has 5 aliphatic heterocycles. The van der Waals surface area contributed by atoms with Gasteiger partial charge in [0.2, 0.25) is 0 Å². The maximum atomic E-state index is 13.4. The van der Waals surface area contributed by atoms with Gasteiger partial charge in [0.05, 0.1) is 33.0 Å². The molecule has 644 valence electrons. The number of benzene rings is 9. The van der Waals surface area contributed by atoms with E-state index in [1.807, 2.05) is 127 Å². The number of amides is 3. The lowest BCUT2D eigenvalue weighted by atomic mass is 9.92. The molecule has 0 radical (unpaired) electrons. The molecule has 3 amide bonds. The Balaban J connectivity index is 0.000000143. The van der Waals surface area contributed by atoms with Crippen LogP contribution in [0.25, 0.3) is 32.7 Å². The number of ether oxygens (including phenoxy) is 8. The molecule has 3 unspecified atom stereocenters. The number of nitrogens with one attached hydrogen (secondary N) is 4. The molecule has 0 saturated carbocycles. The molecule has 2 saturated heterocycles. The van der Waals surface area contributed by atoms with Gasteiger partial charge in [-0.05, 0) is 313 Å². The van der Waals surface area contributed by atoms with Gasteiger partial charge in [-0.25, -0.2) is 27.6 Å². The number of carbonyl (C=O) groups is 3. The zero-order valence-corrected chi connectivity index (χ0v) is 71.3. The highest BCUT2D eigenvalue weighted by atomic mass is 35.5. The summed E-state index contributed by atoms with van der Waals surface area (Å²) in [6, 6.07) is 56.3. The summed E-state index contributed by atoms with van der Waals surface area (Å²) in [5, 5.41) is 8.59. The maximum absolute atomic E-state index is 13.4. The van der Waals surface area contributed by atoms with Crippen LogP contribution < -0.4 is 33.7 Å². The van der Waals surface area contributed by atoms with E-state index in [0.717, 1.165) is 204 Å². The third-order valence-electron chi connectivity index (χ3n) is 23.2. The largest absolute Gasteiger partial charge is 0.494 e. The van der Waals surface area contributed by atoms with Crippen molar-refractivity contribution < 1.29 is 65.4 Å². The number of carbonyl (C=O) groups excluding carboxylic acids is 3. The Kier molecular flexibility index (Phi) is 30.2. The molecule has 0 aliphatic carbocycles. The number of aromatic amines is 3. The van der Waals surface area contributed by atoms with Gasteiger partial charge in [-0.1, -0.05) is 77.6 Å². The van der Waals surface area contributed by atoms with Gasteiger partial charge in [-0.3, -0.25) is 19.6 Å². The average molecular weight is 1730 g/mol. The first-order valence-electron chi connectivity index (χ1n) is 42.7. The van der Waals surface area contributed by atoms with Crippen molar-refractivity contribution in [2.24, 2.45) is 0 Å². The number of H-pyrrole nitrogens is 3. The predicted molar refractivity (Wildman–Crippen MR) is 474 cm³/mol. The van der Waals surface area contributed by atoms with Crippen LogP contribution in [-0.2, 0) is 28.7 Å². The SMILES string of the molecule is COCCCNCCCCOc1ccc(C2c3[nH]c4ccc(Cl)cc4c3CCN2C(=O)Oc2ccc(F)cc2)cc1.O=C(Oc1ccc(F)cc1)N1CCc2c([nH]c3ccc(Cl)cc23)C1c1ccc(OCCCCN2CCCCC2)cc1.O=C(Oc1ccc(F)cc1)N1CCc2c([nH]c3ccc(Cl)cc23)C1c1ccc(OCCCCN2CCOCC2)cc1. The highest BCUT2D eigenvalue weighted by Gasteiger charge is 2.40. The Morgan fingerprint density at radius 1 is 0.382 bits per heavy atom. The Morgan fingerprint density at radius 2 is 0.707 bits per heavy atom. The number of morpholine rings is 1. The normalized spacial score (nSPS) is 16.5. The van der Waals surface area contributed by atoms with E-state index in [4.69, 9.17) is 72.7 Å². The summed E-state index contributed by atoms with van der Waals surface area (Å²) >= 11 is 19.0. The molecular weight excluding hydrogens is 1630 g/mol. The molecule has 0 spiro atoms. The molecule has 123 heavy (non-hydrogen) atoms. The second kappa shape index (κ2) is 42.6. The number of hydrogen-bond acceptors (Lipinski definition) is 14. The van der Waals surface area contributed by atoms with E-state index in [1.54, 1.807) is 21.8 Å². The second-order valence-corrected chi connectivity index (χ2v) is 32.8. The lowest BCUT2D eigenvalue weighted by molar-refractivity contribution is 0.0368. The number of aromatic nitrogens is 3. The van der Waals surface area contributed by atoms with E-state index in [2.05, 4.69) is 30.1 Å². The van der Waals surface area contributed by atoms with E-state index >= 15 is 0 Å². The molecule has 5 aliphatic rings. The van der Waals surface area contributed by atoms with Gasteiger partial charge in [-0.15, -0.1) is 0 Å². The average Bonchev–Trinajstić information content (AvgIpc) is 1.64. The van der Waals surface area contributed by atoms with Gasteiger partial charge in [-0.2, -0.15) is 0 Å². The third kappa shape index (κ3) is 22.6. The Bertz CT molecular complexity index is 5250. The number of nitrogens with zero attached hydrogens (tertiary/aromatic N) is 5. The summed E-state index contributed by atoms with van der Waals surface area (Å²) in [7, 11) is 1.72. The Labute approximate surface area is 729 Å². The fraction of sp³-hybridized carbons (Fsp3) is 0.351. The Morgan fingerprint density at radius 3 is 1.06 bits per heavy atom. The summed E-state index contributed by atoms with van der Waals surface area (Å²) in [5.74, 6) is 2.11. The van der Waals surface area contributed by atoms with Crippen molar-refractivity contribution in [3.05, 3.63) is 283 Å². The molecule has 0 bridgehead atoms. The van der Waals surface area contributed by atoms with Gasteiger partial charge in [0.15, 0.2) is 0 Å². The number of piperidine rings is 1. The summed E-state index contributed by atoms with van der Waals surface area (Å²) < 4.78 is 85.7. The van der Waals surface area contributed by atoms with Crippen molar-refractivity contribution in [1.82, 2.24) is 44.8 Å². The lowest BCUT2D eigenvalue weighted by Gasteiger charge is -2.35. The molecule has 20 nitrogen and oxygen atoms in total. The van der Waals surface area contributed by atoms with Crippen LogP contribution in [0.5, 0.6) is 34.5 Å². The number of hydrogen-bond donors (Lipinski definition) is 4. The topological polar surface area (TPSA) is 201 Å². The predicted octanol–water partition coefficient (Wildman–Crippen LogP) is 21.2. The smallest absolute Gasteiger partial charge is 0.416 e. The van der Waals surface area contributed by atoms with Crippen LogP contribution in [0.15, 0.2) is 200 Å². The van der Waals surface area contributed by atoms with Crippen molar-refractivity contribution in [3.63, 3.8) is 0 Å². The molecule has 17 rings (SSSR count). The van der Waals surface area contributed by atoms with Crippen molar-refractivity contribution in [3.8, 4) is 34.5 Å². The maximum Gasteiger partial charge on any atom is 0.416 e. The van der Waals surface area contributed by atoms with Crippen LogP contribution in [0.4, 0.5) is 27.6 Å². The van der Waals surface area contributed by atoms with Gasteiger partial charge in [0, 0.05) is 111 Å². The molecule has 4 N–H and O–H groups in total. The van der Waals surface area contributed by atoms with E-state index in [9.17, 15) is 27.6 Å². The number of halogens is 6. The van der Waals surface area contributed by atoms with Crippen molar-refractivity contribution in [1.29, 1.82) is 0 Å². The zero-order chi connectivity index (χ0) is 85.0. The fourth-order valence-electron chi connectivity index (χ4n) is 16.9. The van der Waals surface area contributed by atoms with Gasteiger partial charge >= 0.3 is 18.3 Å². The number of unbranched alkanes of at least 4 members (excludes halogenated alkanes) is 3. The van der Waals surface area contributed by atoms with Crippen LogP contribution in [0, 0.1) is 17.5 Å². The minimum Gasteiger partial charge on any atom is -0.494 e. The van der Waals surface area contributed by atoms with Gasteiger partial charge in [0.1, 0.15) is 70.1 Å². The van der Waals surface area contributed by atoms with Gasteiger partial charge in [0.25, 0.3) is 0 Å². The van der Waals surface area contributed by atoms with Crippen LogP contribution in [0.1, 0.15) is 133 Å². The highest BCUT2D eigenvalue weighted by molar-refractivity contribution is 6.32. The summed E-state index contributed by atoms with van der Waals surface area (Å²) in [5.41, 5.74) is 11.9. The molecule has 3 aromatic heterocycles. The van der Waals surface area contributed by atoms with Crippen LogP contribution in [0.2, 0.25) is 15.1 Å². The van der Waals surface area contributed by atoms with E-state index in [0.29, 0.717) is 91.0 Å². The second-order valence-electron chi connectivity index (χ2n) is 31.5.